The van der Waals surface area contributed by atoms with E-state index in [1.165, 1.54) is 0 Å². The second-order valence-electron chi connectivity index (χ2n) is 9.86. The van der Waals surface area contributed by atoms with Crippen molar-refractivity contribution in [2.24, 2.45) is 5.92 Å². The fourth-order valence-electron chi connectivity index (χ4n) is 5.75. The highest BCUT2D eigenvalue weighted by atomic mass is 16.5. The number of hydrogen-bond acceptors (Lipinski definition) is 6. The van der Waals surface area contributed by atoms with E-state index < -0.39 is 0 Å². The molecule has 35 heavy (non-hydrogen) atoms. The van der Waals surface area contributed by atoms with Crippen LogP contribution in [-0.4, -0.2) is 74.1 Å². The molecule has 8 heteroatoms. The van der Waals surface area contributed by atoms with E-state index in [4.69, 9.17) is 9.72 Å². The van der Waals surface area contributed by atoms with Gasteiger partial charge in [0.2, 0.25) is 5.91 Å². The Labute approximate surface area is 205 Å². The fourth-order valence-corrected chi connectivity index (χ4v) is 5.75. The van der Waals surface area contributed by atoms with Gasteiger partial charge in [-0.1, -0.05) is 6.07 Å². The molecule has 6 heterocycles. The van der Waals surface area contributed by atoms with E-state index in [0.717, 1.165) is 87.5 Å². The molecule has 8 nitrogen and oxygen atoms in total. The number of piperidine rings is 2. The minimum absolute atomic E-state index is 0.144. The molecule has 3 aromatic heterocycles. The third kappa shape index (κ3) is 4.55. The van der Waals surface area contributed by atoms with Crippen LogP contribution < -0.4 is 0 Å². The predicted molar refractivity (Wildman–Crippen MR) is 133 cm³/mol. The van der Waals surface area contributed by atoms with Gasteiger partial charge in [-0.05, 0) is 69.1 Å². The lowest BCUT2D eigenvalue weighted by molar-refractivity contribution is -0.138. The van der Waals surface area contributed by atoms with Crippen LogP contribution in [0.2, 0.25) is 0 Å². The van der Waals surface area contributed by atoms with Crippen molar-refractivity contribution in [3.05, 3.63) is 55.1 Å². The van der Waals surface area contributed by atoms with Crippen molar-refractivity contribution in [2.75, 3.05) is 32.7 Å². The molecule has 182 valence electrons. The SMILES string of the molecule is O=C(C1CCN(CC2CC=CO2)CC1)N1CCC(n2c(-c3ccccn3)nc3cccnc32)CC1. The van der Waals surface area contributed by atoms with Gasteiger partial charge in [0.1, 0.15) is 17.3 Å². The number of rotatable bonds is 5. The summed E-state index contributed by atoms with van der Waals surface area (Å²) in [6, 6.07) is 10.1. The standard InChI is InChI=1S/C27H32N6O2/c34-27(20-8-14-31(15-9-20)19-22-5-4-18-35-22)32-16-10-21(11-17-32)33-25-24(7-3-13-29-25)30-26(33)23-6-1-2-12-28-23/h1-4,6-7,12-13,18,20-22H,5,8-11,14-17,19H2. The first-order valence-electron chi connectivity index (χ1n) is 12.8. The summed E-state index contributed by atoms with van der Waals surface area (Å²) < 4.78 is 7.86. The molecule has 2 saturated heterocycles. The quantitative estimate of drug-likeness (QED) is 0.564. The summed E-state index contributed by atoms with van der Waals surface area (Å²) in [6.07, 6.45) is 12.5. The van der Waals surface area contributed by atoms with Crippen molar-refractivity contribution in [3.63, 3.8) is 0 Å². The molecule has 1 atom stereocenters. The van der Waals surface area contributed by atoms with E-state index in [1.807, 2.05) is 42.8 Å². The third-order valence-electron chi connectivity index (χ3n) is 7.65. The Balaban J connectivity index is 1.10. The lowest BCUT2D eigenvalue weighted by atomic mass is 9.93. The number of pyridine rings is 2. The molecule has 0 radical (unpaired) electrons. The summed E-state index contributed by atoms with van der Waals surface area (Å²) in [5.41, 5.74) is 2.64. The number of ether oxygens (including phenoxy) is 1. The summed E-state index contributed by atoms with van der Waals surface area (Å²) in [4.78, 5) is 31.9. The van der Waals surface area contributed by atoms with E-state index in [2.05, 4.69) is 30.4 Å². The highest BCUT2D eigenvalue weighted by Crippen LogP contribution is 2.33. The second kappa shape index (κ2) is 9.77. The number of carbonyl (C=O) groups excluding carboxylic acids is 1. The van der Waals surface area contributed by atoms with Crippen molar-refractivity contribution in [2.45, 2.75) is 44.2 Å². The minimum atomic E-state index is 0.144. The highest BCUT2D eigenvalue weighted by Gasteiger charge is 2.33. The summed E-state index contributed by atoms with van der Waals surface area (Å²) >= 11 is 0. The molecular weight excluding hydrogens is 440 g/mol. The van der Waals surface area contributed by atoms with Gasteiger partial charge in [-0.15, -0.1) is 0 Å². The molecule has 0 N–H and O–H groups in total. The third-order valence-corrected chi connectivity index (χ3v) is 7.65. The van der Waals surface area contributed by atoms with Crippen LogP contribution in [0.3, 0.4) is 0 Å². The van der Waals surface area contributed by atoms with Crippen molar-refractivity contribution < 1.29 is 9.53 Å². The van der Waals surface area contributed by atoms with Crippen LogP contribution in [0.5, 0.6) is 0 Å². The molecule has 3 aliphatic rings. The minimum Gasteiger partial charge on any atom is -0.497 e. The van der Waals surface area contributed by atoms with Crippen LogP contribution in [0.15, 0.2) is 55.1 Å². The molecule has 3 aliphatic heterocycles. The number of likely N-dealkylation sites (tertiary alicyclic amines) is 2. The smallest absolute Gasteiger partial charge is 0.225 e. The van der Waals surface area contributed by atoms with Gasteiger partial charge in [-0.3, -0.25) is 14.7 Å². The number of aromatic nitrogens is 4. The van der Waals surface area contributed by atoms with Crippen LogP contribution in [-0.2, 0) is 9.53 Å². The lowest BCUT2D eigenvalue weighted by Gasteiger charge is -2.38. The lowest BCUT2D eigenvalue weighted by Crippen LogP contribution is -2.46. The van der Waals surface area contributed by atoms with Crippen LogP contribution >= 0.6 is 0 Å². The molecule has 0 saturated carbocycles. The maximum absolute atomic E-state index is 13.3. The molecule has 1 amide bonds. The van der Waals surface area contributed by atoms with Crippen LogP contribution in [0.4, 0.5) is 0 Å². The van der Waals surface area contributed by atoms with E-state index in [0.29, 0.717) is 5.91 Å². The molecule has 0 bridgehead atoms. The van der Waals surface area contributed by atoms with Crippen molar-refractivity contribution in [3.8, 4) is 11.5 Å². The molecule has 0 spiro atoms. The maximum atomic E-state index is 13.3. The number of hydrogen-bond donors (Lipinski definition) is 0. The van der Waals surface area contributed by atoms with Gasteiger partial charge in [0.15, 0.2) is 11.5 Å². The zero-order valence-corrected chi connectivity index (χ0v) is 20.0. The number of imidazole rings is 1. The highest BCUT2D eigenvalue weighted by molar-refractivity contribution is 5.79. The second-order valence-corrected chi connectivity index (χ2v) is 9.86. The zero-order valence-electron chi connectivity index (χ0n) is 20.0. The van der Waals surface area contributed by atoms with Crippen LogP contribution in [0.25, 0.3) is 22.7 Å². The maximum Gasteiger partial charge on any atom is 0.225 e. The van der Waals surface area contributed by atoms with Crippen molar-refractivity contribution >= 4 is 17.1 Å². The summed E-state index contributed by atoms with van der Waals surface area (Å²) in [7, 11) is 0. The molecule has 0 aromatic carbocycles. The number of carbonyl (C=O) groups is 1. The average Bonchev–Trinajstić information content (AvgIpc) is 3.57. The normalized spacial score (nSPS) is 22.1. The topological polar surface area (TPSA) is 76.4 Å². The van der Waals surface area contributed by atoms with E-state index in [-0.39, 0.29) is 18.1 Å². The first-order valence-corrected chi connectivity index (χ1v) is 12.8. The van der Waals surface area contributed by atoms with Gasteiger partial charge in [-0.2, -0.15) is 0 Å². The van der Waals surface area contributed by atoms with E-state index in [9.17, 15) is 4.79 Å². The Kier molecular flexibility index (Phi) is 6.21. The van der Waals surface area contributed by atoms with Gasteiger partial charge in [0, 0.05) is 50.4 Å². The van der Waals surface area contributed by atoms with Gasteiger partial charge >= 0.3 is 0 Å². The molecular formula is C27H32N6O2. The predicted octanol–water partition coefficient (Wildman–Crippen LogP) is 3.67. The van der Waals surface area contributed by atoms with Crippen LogP contribution in [0, 0.1) is 5.92 Å². The van der Waals surface area contributed by atoms with E-state index >= 15 is 0 Å². The molecule has 6 rings (SSSR count). The molecule has 2 fully saturated rings. The Morgan fingerprint density at radius 1 is 0.971 bits per heavy atom. The first-order chi connectivity index (χ1) is 17.3. The Bertz CT molecular complexity index is 1180. The van der Waals surface area contributed by atoms with Crippen molar-refractivity contribution in [1.82, 2.24) is 29.3 Å². The molecule has 0 aliphatic carbocycles. The van der Waals surface area contributed by atoms with Gasteiger partial charge in [-0.25, -0.2) is 9.97 Å². The summed E-state index contributed by atoms with van der Waals surface area (Å²) in [5, 5.41) is 0. The monoisotopic (exact) mass is 472 g/mol. The van der Waals surface area contributed by atoms with Crippen LogP contribution in [0.1, 0.15) is 38.1 Å². The molecule has 1 unspecified atom stereocenters. The number of nitrogens with zero attached hydrogens (tertiary/aromatic N) is 6. The largest absolute Gasteiger partial charge is 0.497 e. The average molecular weight is 473 g/mol. The first kappa shape index (κ1) is 22.2. The van der Waals surface area contributed by atoms with Gasteiger partial charge in [0.25, 0.3) is 0 Å². The number of fused-ring (bicyclic) bond motifs is 1. The van der Waals surface area contributed by atoms with E-state index in [1.54, 1.807) is 6.20 Å². The Hall–Kier alpha value is -3.26. The Morgan fingerprint density at radius 2 is 1.80 bits per heavy atom. The number of amides is 1. The van der Waals surface area contributed by atoms with Gasteiger partial charge < -0.3 is 14.2 Å². The van der Waals surface area contributed by atoms with Crippen molar-refractivity contribution in [1.29, 1.82) is 0 Å². The van der Waals surface area contributed by atoms with Gasteiger partial charge in [0.05, 0.1) is 6.26 Å². The summed E-state index contributed by atoms with van der Waals surface area (Å²) in [6.45, 7) is 4.48. The molecule has 3 aromatic rings. The fraction of sp³-hybridized carbons (Fsp3) is 0.481. The Morgan fingerprint density at radius 3 is 2.54 bits per heavy atom. The zero-order chi connectivity index (χ0) is 23.6. The summed E-state index contributed by atoms with van der Waals surface area (Å²) in [5.74, 6) is 1.34.